The average Bonchev–Trinajstić information content (AvgIpc) is 3.52. The lowest BCUT2D eigenvalue weighted by Gasteiger charge is -2.23. The summed E-state index contributed by atoms with van der Waals surface area (Å²) in [6, 6.07) is 9.69. The van der Waals surface area contributed by atoms with E-state index >= 15 is 70.2 Å². The van der Waals surface area contributed by atoms with Gasteiger partial charge < -0.3 is 0 Å². The fraction of sp³-hybridized carbons (Fsp3) is 0.0385. The smallest absolute Gasteiger partial charge is 0.237 e. The Morgan fingerprint density at radius 3 is 1.05 bits per heavy atom. The van der Waals surface area contributed by atoms with Crippen LogP contribution in [0.5, 0.6) is 0 Å². The fourth-order valence-electron chi connectivity index (χ4n) is 9.12. The SMILES string of the molecule is [C-]#[N+]C1=C(c2ccc(C)cc2)C(=C(c2c(F)c(F)nc(F)c2F)c2c(F)c(F)nc(F)c2F)c2c(C#N)c3c(c(C#N)c21)C(C#N)=C(c1ccc(C(F)(F)F)cc1)C3=C(c1c(F)c(F)nc(F)c1F)c1c(F)c(F)nc(F)c1F. The van der Waals surface area contributed by atoms with E-state index in [0.29, 0.717) is 17.7 Å². The normalized spacial score (nSPS) is 12.9. The summed E-state index contributed by atoms with van der Waals surface area (Å²) in [5.74, 6) is -44.4. The second-order valence-electron chi connectivity index (χ2n) is 16.4. The number of aromatic nitrogens is 4. The lowest BCUT2D eigenvalue weighted by molar-refractivity contribution is -0.137. The minimum absolute atomic E-state index is 0.195. The number of allylic oxidation sites excluding steroid dienone is 5. The molecule has 2 aliphatic carbocycles. The monoisotopic (exact) mass is 1110 g/mol. The van der Waals surface area contributed by atoms with Crippen LogP contribution in [0.4, 0.5) is 83.4 Å². The zero-order valence-electron chi connectivity index (χ0n) is 37.9. The van der Waals surface area contributed by atoms with Crippen molar-refractivity contribution >= 4 is 44.7 Å². The summed E-state index contributed by atoms with van der Waals surface area (Å²) < 4.78 is 298. The van der Waals surface area contributed by atoms with E-state index < -0.39 is 217 Å². The molecule has 79 heavy (non-hydrogen) atoms. The molecule has 7 aromatic rings. The minimum atomic E-state index is -5.25. The molecular formula is C52H11F19N8. The molecular weight excluding hydrogens is 1100 g/mol. The van der Waals surface area contributed by atoms with Gasteiger partial charge in [0, 0.05) is 39.0 Å². The predicted molar refractivity (Wildman–Crippen MR) is 232 cm³/mol. The third-order valence-electron chi connectivity index (χ3n) is 12.3. The highest BCUT2D eigenvalue weighted by Crippen LogP contribution is 2.61. The van der Waals surface area contributed by atoms with E-state index in [2.05, 4.69) is 24.8 Å². The fourth-order valence-corrected chi connectivity index (χ4v) is 9.12. The van der Waals surface area contributed by atoms with Crippen LogP contribution in [0.3, 0.4) is 0 Å². The van der Waals surface area contributed by atoms with Gasteiger partial charge in [0.25, 0.3) is 47.6 Å². The second kappa shape index (κ2) is 19.1. The van der Waals surface area contributed by atoms with Gasteiger partial charge in [-0.15, -0.1) is 0 Å². The number of hydrogen-bond donors (Lipinski definition) is 0. The molecule has 0 saturated heterocycles. The van der Waals surface area contributed by atoms with Gasteiger partial charge in [0.15, 0.2) is 46.5 Å². The van der Waals surface area contributed by atoms with Crippen molar-refractivity contribution in [3.05, 3.63) is 232 Å². The number of hydrogen-bond acceptors (Lipinski definition) is 7. The van der Waals surface area contributed by atoms with Crippen LogP contribution < -0.4 is 0 Å². The van der Waals surface area contributed by atoms with Crippen LogP contribution >= 0.6 is 0 Å². The van der Waals surface area contributed by atoms with Crippen LogP contribution in [0.15, 0.2) is 48.5 Å². The van der Waals surface area contributed by atoms with Crippen molar-refractivity contribution in [3.8, 4) is 18.2 Å². The molecule has 4 heterocycles. The summed E-state index contributed by atoms with van der Waals surface area (Å²) in [5.41, 5.74) is -34.0. The molecule has 392 valence electrons. The highest BCUT2D eigenvalue weighted by Gasteiger charge is 2.47. The zero-order chi connectivity index (χ0) is 57.8. The van der Waals surface area contributed by atoms with E-state index in [4.69, 9.17) is 6.57 Å². The summed E-state index contributed by atoms with van der Waals surface area (Å²) in [7, 11) is 0. The van der Waals surface area contributed by atoms with E-state index in [9.17, 15) is 29.0 Å². The minimum Gasteiger partial charge on any atom is -0.237 e. The Bertz CT molecular complexity index is 4050. The maximum absolute atomic E-state index is 16.5. The summed E-state index contributed by atoms with van der Waals surface area (Å²) in [6.07, 6.45) is -5.25. The van der Waals surface area contributed by atoms with Crippen LogP contribution in [0.25, 0.3) is 49.6 Å². The van der Waals surface area contributed by atoms with Crippen molar-refractivity contribution in [2.75, 3.05) is 0 Å². The number of alkyl halides is 3. The van der Waals surface area contributed by atoms with Crippen LogP contribution in [0.2, 0.25) is 0 Å². The van der Waals surface area contributed by atoms with Crippen molar-refractivity contribution in [1.29, 1.82) is 15.8 Å². The molecule has 27 heteroatoms. The summed E-state index contributed by atoms with van der Waals surface area (Å²) >= 11 is 0. The lowest BCUT2D eigenvalue weighted by Crippen LogP contribution is -2.14. The predicted octanol–water partition coefficient (Wildman–Crippen LogP) is 13.7. The van der Waals surface area contributed by atoms with E-state index in [0.717, 1.165) is 12.1 Å². The molecule has 8 nitrogen and oxygen atoms in total. The van der Waals surface area contributed by atoms with Gasteiger partial charge in [-0.1, -0.05) is 42.0 Å². The number of benzene rings is 3. The number of nitrogens with zero attached hydrogens (tertiary/aromatic N) is 8. The molecule has 0 atom stereocenters. The first-order chi connectivity index (χ1) is 37.3. The maximum Gasteiger partial charge on any atom is 0.416 e. The van der Waals surface area contributed by atoms with E-state index in [-0.39, 0.29) is 12.1 Å². The van der Waals surface area contributed by atoms with Crippen LogP contribution in [0, 0.1) is 142 Å². The lowest BCUT2D eigenvalue weighted by atomic mass is 9.79. The molecule has 0 fully saturated rings. The third kappa shape index (κ3) is 7.99. The first-order valence-corrected chi connectivity index (χ1v) is 21.1. The number of pyridine rings is 4. The maximum atomic E-state index is 16.5. The zero-order valence-corrected chi connectivity index (χ0v) is 37.9. The number of rotatable bonds is 6. The second-order valence-corrected chi connectivity index (χ2v) is 16.4. The Balaban J connectivity index is 1.70. The molecule has 0 radical (unpaired) electrons. The first-order valence-electron chi connectivity index (χ1n) is 21.1. The molecule has 9 rings (SSSR count). The number of aryl methyl sites for hydroxylation is 1. The Hall–Kier alpha value is -10.2. The summed E-state index contributed by atoms with van der Waals surface area (Å²) in [5, 5.41) is 33.8. The molecule has 0 N–H and O–H groups in total. The summed E-state index contributed by atoms with van der Waals surface area (Å²) in [6.45, 7) is 9.86. The summed E-state index contributed by atoms with van der Waals surface area (Å²) in [4.78, 5) is 12.7. The Morgan fingerprint density at radius 2 is 0.734 bits per heavy atom. The van der Waals surface area contributed by atoms with Gasteiger partial charge in [-0.3, -0.25) is 0 Å². The van der Waals surface area contributed by atoms with Crippen LogP contribution in [-0.2, 0) is 6.18 Å². The molecule has 3 aromatic carbocycles. The Labute approximate surface area is 426 Å². The highest BCUT2D eigenvalue weighted by atomic mass is 19.4. The highest BCUT2D eigenvalue weighted by molar-refractivity contribution is 6.36. The molecule has 0 saturated carbocycles. The Kier molecular flexibility index (Phi) is 13.0. The van der Waals surface area contributed by atoms with E-state index in [1.165, 1.54) is 37.3 Å². The largest absolute Gasteiger partial charge is 0.416 e. The van der Waals surface area contributed by atoms with Gasteiger partial charge >= 0.3 is 6.18 Å². The van der Waals surface area contributed by atoms with Crippen molar-refractivity contribution in [2.45, 2.75) is 13.1 Å². The van der Waals surface area contributed by atoms with Gasteiger partial charge in [-0.05, 0) is 46.9 Å². The first kappa shape index (κ1) is 53.7. The Morgan fingerprint density at radius 1 is 0.430 bits per heavy atom. The van der Waals surface area contributed by atoms with E-state index in [1.807, 2.05) is 0 Å². The van der Waals surface area contributed by atoms with Gasteiger partial charge in [-0.2, -0.15) is 84.0 Å². The quantitative estimate of drug-likeness (QED) is 0.0922. The standard InChI is InChI=1S/C52H11F19N8/c1-14-3-5-16(6-4-14)22-28(30(33-39(57)48(65)78-49(66)40(33)58)34-41(59)50(67)79-51(68)42(34)60)25-20(13-74)24-23(19(12-73)26(25)43(22)75-2)18(11-72)21(15-7-9-17(10-8-15)52(69,70)71)27(24)29(31-35(53)44(61)76-45(62)36(31)54)32-37(55)46(63)77-47(64)38(32)56/h3-10H,1H3. The van der Waals surface area contributed by atoms with Crippen LogP contribution in [-0.4, -0.2) is 19.9 Å². The average molecular weight is 1110 g/mol. The van der Waals surface area contributed by atoms with Gasteiger partial charge in [0.05, 0.1) is 57.2 Å². The third-order valence-corrected chi connectivity index (χ3v) is 12.3. The molecule has 0 bridgehead atoms. The van der Waals surface area contributed by atoms with Crippen molar-refractivity contribution in [2.24, 2.45) is 0 Å². The van der Waals surface area contributed by atoms with Crippen molar-refractivity contribution in [1.82, 2.24) is 19.9 Å². The number of fused-ring (bicyclic) bond motifs is 2. The number of nitriles is 3. The van der Waals surface area contributed by atoms with E-state index in [1.54, 1.807) is 0 Å². The molecule has 0 spiro atoms. The van der Waals surface area contributed by atoms with Crippen LogP contribution in [0.1, 0.15) is 77.9 Å². The molecule has 4 aromatic heterocycles. The molecule has 2 aliphatic rings. The number of halogens is 19. The van der Waals surface area contributed by atoms with Gasteiger partial charge in [0.2, 0.25) is 5.70 Å². The molecule has 0 amide bonds. The molecule has 0 unspecified atom stereocenters. The van der Waals surface area contributed by atoms with Crippen molar-refractivity contribution < 1.29 is 83.4 Å². The van der Waals surface area contributed by atoms with Crippen molar-refractivity contribution in [3.63, 3.8) is 0 Å². The molecule has 0 aliphatic heterocycles. The van der Waals surface area contributed by atoms with Gasteiger partial charge in [0.1, 0.15) is 12.1 Å². The topological polar surface area (TPSA) is 127 Å². The van der Waals surface area contributed by atoms with Gasteiger partial charge in [-0.25, -0.2) is 40.0 Å².